The van der Waals surface area contributed by atoms with Crippen molar-refractivity contribution in [3.63, 3.8) is 0 Å². The molecule has 3 aromatic rings. The van der Waals surface area contributed by atoms with E-state index in [1.807, 2.05) is 6.92 Å². The second-order valence-electron chi connectivity index (χ2n) is 7.30. The summed E-state index contributed by atoms with van der Waals surface area (Å²) in [5.74, 6) is -0.209. The lowest BCUT2D eigenvalue weighted by molar-refractivity contribution is 0.0787. The van der Waals surface area contributed by atoms with Gasteiger partial charge in [-0.05, 0) is 25.8 Å². The van der Waals surface area contributed by atoms with Crippen LogP contribution in [-0.4, -0.2) is 56.6 Å². The van der Waals surface area contributed by atoms with Crippen molar-refractivity contribution in [2.75, 3.05) is 30.8 Å². The normalized spacial score (nSPS) is 14.6. The average molecular weight is 478 g/mol. The highest BCUT2D eigenvalue weighted by Crippen LogP contribution is 2.27. The second-order valence-corrected chi connectivity index (χ2v) is 8.10. The molecule has 1 aliphatic rings. The summed E-state index contributed by atoms with van der Waals surface area (Å²) in [7, 11) is 1.55. The van der Waals surface area contributed by atoms with E-state index in [1.165, 1.54) is 23.0 Å². The Morgan fingerprint density at radius 3 is 2.56 bits per heavy atom. The predicted octanol–water partition coefficient (Wildman–Crippen LogP) is 4.02. The summed E-state index contributed by atoms with van der Waals surface area (Å²) >= 11 is 12.3. The standard InChI is InChI=1S/C20H21Cl2N7O3/c1-11(32-2)18-14(10-23-16-8-15(22)27-29(16)18)26-20(31)25-12-7-13(21)17(24-9-12)19(30)28-5-3-4-6-28/h7-11H,3-6H2,1-2H3,(H2,25,26,31). The predicted molar refractivity (Wildman–Crippen MR) is 120 cm³/mol. The molecule has 2 N–H and O–H groups in total. The van der Waals surface area contributed by atoms with Gasteiger partial charge >= 0.3 is 6.03 Å². The van der Waals surface area contributed by atoms with E-state index >= 15 is 0 Å². The number of hydrogen-bond acceptors (Lipinski definition) is 6. The fourth-order valence-electron chi connectivity index (χ4n) is 3.54. The van der Waals surface area contributed by atoms with Crippen molar-refractivity contribution >= 4 is 52.2 Å². The van der Waals surface area contributed by atoms with E-state index in [4.69, 9.17) is 27.9 Å². The number of carbonyl (C=O) groups is 2. The Morgan fingerprint density at radius 2 is 1.88 bits per heavy atom. The number of pyridine rings is 1. The largest absolute Gasteiger partial charge is 0.375 e. The smallest absolute Gasteiger partial charge is 0.323 e. The first-order valence-corrected chi connectivity index (χ1v) is 10.7. The number of nitrogens with zero attached hydrogens (tertiary/aromatic N) is 5. The molecular formula is C20H21Cl2N7O3. The minimum absolute atomic E-state index is 0.168. The van der Waals surface area contributed by atoms with E-state index in [0.29, 0.717) is 35.8 Å². The molecule has 1 fully saturated rings. The third-order valence-electron chi connectivity index (χ3n) is 5.17. The number of ether oxygens (including phenoxy) is 1. The molecular weight excluding hydrogens is 457 g/mol. The number of urea groups is 1. The molecule has 1 unspecified atom stereocenters. The van der Waals surface area contributed by atoms with E-state index in [0.717, 1.165) is 12.8 Å². The number of halogens is 2. The molecule has 0 aliphatic carbocycles. The zero-order chi connectivity index (χ0) is 22.8. The van der Waals surface area contributed by atoms with Crippen LogP contribution in [0.1, 0.15) is 42.1 Å². The first-order valence-electron chi connectivity index (χ1n) is 9.97. The highest BCUT2D eigenvalue weighted by Gasteiger charge is 2.23. The van der Waals surface area contributed by atoms with Crippen LogP contribution >= 0.6 is 23.2 Å². The van der Waals surface area contributed by atoms with Crippen molar-refractivity contribution in [3.8, 4) is 0 Å². The van der Waals surface area contributed by atoms with Gasteiger partial charge in [0.2, 0.25) is 0 Å². The lowest BCUT2D eigenvalue weighted by atomic mass is 10.2. The van der Waals surface area contributed by atoms with Crippen LogP contribution in [0.25, 0.3) is 5.65 Å². The summed E-state index contributed by atoms with van der Waals surface area (Å²) < 4.78 is 6.94. The van der Waals surface area contributed by atoms with Gasteiger partial charge in [-0.25, -0.2) is 19.3 Å². The number of anilines is 2. The monoisotopic (exact) mass is 477 g/mol. The fourth-order valence-corrected chi connectivity index (χ4v) is 3.96. The molecule has 0 bridgehead atoms. The summed E-state index contributed by atoms with van der Waals surface area (Å²) in [6.45, 7) is 3.20. The van der Waals surface area contributed by atoms with E-state index in [9.17, 15) is 9.59 Å². The van der Waals surface area contributed by atoms with E-state index < -0.39 is 12.1 Å². The van der Waals surface area contributed by atoms with Gasteiger partial charge in [0.1, 0.15) is 5.69 Å². The number of aromatic nitrogens is 4. The SMILES string of the molecule is COC(C)c1c(NC(=O)Nc2cnc(C(=O)N3CCCC3)c(Cl)c2)cnc2cc(Cl)nn12. The number of carbonyl (C=O) groups excluding carboxylic acids is 2. The van der Waals surface area contributed by atoms with Crippen LogP contribution < -0.4 is 10.6 Å². The third kappa shape index (κ3) is 4.47. The molecule has 4 rings (SSSR count). The Bertz CT molecular complexity index is 1180. The van der Waals surface area contributed by atoms with Gasteiger partial charge in [-0.1, -0.05) is 23.2 Å². The van der Waals surface area contributed by atoms with Gasteiger partial charge in [-0.3, -0.25) is 4.79 Å². The molecule has 168 valence electrons. The minimum Gasteiger partial charge on any atom is -0.375 e. The highest BCUT2D eigenvalue weighted by atomic mass is 35.5. The van der Waals surface area contributed by atoms with Crippen LogP contribution in [0.2, 0.25) is 10.2 Å². The number of hydrogen-bond donors (Lipinski definition) is 2. The van der Waals surface area contributed by atoms with E-state index in [-0.39, 0.29) is 21.8 Å². The Kier molecular flexibility index (Phi) is 6.45. The van der Waals surface area contributed by atoms with Gasteiger partial charge in [0.15, 0.2) is 10.8 Å². The van der Waals surface area contributed by atoms with Crippen LogP contribution in [0.3, 0.4) is 0 Å². The summed E-state index contributed by atoms with van der Waals surface area (Å²) in [6.07, 6.45) is 4.43. The molecule has 3 amide bonds. The number of nitrogens with one attached hydrogen (secondary N) is 2. The van der Waals surface area contributed by atoms with Crippen LogP contribution in [0, 0.1) is 0 Å². The summed E-state index contributed by atoms with van der Waals surface area (Å²) in [5.41, 5.74) is 1.99. The van der Waals surface area contributed by atoms with Crippen LogP contribution in [0.5, 0.6) is 0 Å². The zero-order valence-electron chi connectivity index (χ0n) is 17.4. The maximum Gasteiger partial charge on any atom is 0.323 e. The van der Waals surface area contributed by atoms with Crippen molar-refractivity contribution in [1.29, 1.82) is 0 Å². The molecule has 1 atom stereocenters. The van der Waals surface area contributed by atoms with Gasteiger partial charge in [-0.2, -0.15) is 5.10 Å². The van der Waals surface area contributed by atoms with Gasteiger partial charge in [0, 0.05) is 26.3 Å². The molecule has 0 saturated carbocycles. The average Bonchev–Trinajstić information content (AvgIpc) is 3.42. The Morgan fingerprint density at radius 1 is 1.12 bits per heavy atom. The molecule has 32 heavy (non-hydrogen) atoms. The number of rotatable bonds is 5. The molecule has 3 aromatic heterocycles. The maximum atomic E-state index is 12.6. The minimum atomic E-state index is -0.551. The molecule has 0 aromatic carbocycles. The van der Waals surface area contributed by atoms with Gasteiger partial charge in [-0.15, -0.1) is 0 Å². The molecule has 1 aliphatic heterocycles. The van der Waals surface area contributed by atoms with Gasteiger partial charge in [0.25, 0.3) is 5.91 Å². The first kappa shape index (κ1) is 22.3. The summed E-state index contributed by atoms with van der Waals surface area (Å²) in [4.78, 5) is 35.3. The molecule has 10 nitrogen and oxygen atoms in total. The van der Waals surface area contributed by atoms with Crippen molar-refractivity contribution in [2.24, 2.45) is 0 Å². The number of fused-ring (bicyclic) bond motifs is 1. The van der Waals surface area contributed by atoms with Crippen LogP contribution in [0.15, 0.2) is 24.5 Å². The summed E-state index contributed by atoms with van der Waals surface area (Å²) in [6, 6.07) is 2.55. The topological polar surface area (TPSA) is 114 Å². The Labute approximate surface area is 193 Å². The second kappa shape index (κ2) is 9.27. The third-order valence-corrected chi connectivity index (χ3v) is 5.65. The highest BCUT2D eigenvalue weighted by molar-refractivity contribution is 6.33. The molecule has 0 spiro atoms. The number of methoxy groups -OCH3 is 1. The fraction of sp³-hybridized carbons (Fsp3) is 0.350. The van der Waals surface area contributed by atoms with Crippen molar-refractivity contribution < 1.29 is 14.3 Å². The number of likely N-dealkylation sites (tertiary alicyclic amines) is 1. The summed E-state index contributed by atoms with van der Waals surface area (Å²) in [5, 5.41) is 10.0. The van der Waals surface area contributed by atoms with Crippen LogP contribution in [-0.2, 0) is 4.74 Å². The van der Waals surface area contributed by atoms with Gasteiger partial charge in [0.05, 0.1) is 40.6 Å². The van der Waals surface area contributed by atoms with Crippen molar-refractivity contribution in [1.82, 2.24) is 24.5 Å². The van der Waals surface area contributed by atoms with E-state index in [2.05, 4.69) is 25.7 Å². The lowest BCUT2D eigenvalue weighted by Gasteiger charge is -2.17. The molecule has 0 radical (unpaired) electrons. The molecule has 12 heteroatoms. The van der Waals surface area contributed by atoms with Crippen molar-refractivity contribution in [3.05, 3.63) is 46.1 Å². The van der Waals surface area contributed by atoms with Crippen molar-refractivity contribution in [2.45, 2.75) is 25.9 Å². The Balaban J connectivity index is 1.52. The number of amides is 3. The molecule has 1 saturated heterocycles. The zero-order valence-corrected chi connectivity index (χ0v) is 18.9. The lowest BCUT2D eigenvalue weighted by Crippen LogP contribution is -2.28. The molecule has 4 heterocycles. The van der Waals surface area contributed by atoms with Gasteiger partial charge < -0.3 is 20.3 Å². The Hall–Kier alpha value is -2.95. The first-order chi connectivity index (χ1) is 15.4. The van der Waals surface area contributed by atoms with Crippen LogP contribution in [0.4, 0.5) is 16.2 Å². The maximum absolute atomic E-state index is 12.6. The quantitative estimate of drug-likeness (QED) is 0.573. The van der Waals surface area contributed by atoms with E-state index in [1.54, 1.807) is 18.1 Å².